The molecule has 0 bridgehead atoms. The van der Waals surface area contributed by atoms with Gasteiger partial charge in [-0.2, -0.15) is 0 Å². The molecule has 1 aliphatic carbocycles. The van der Waals surface area contributed by atoms with Gasteiger partial charge in [0.1, 0.15) is 15.9 Å². The lowest BCUT2D eigenvalue weighted by Crippen LogP contribution is -2.33. The zero-order chi connectivity index (χ0) is 24.5. The van der Waals surface area contributed by atoms with Crippen LogP contribution in [-0.2, 0) is 0 Å². The van der Waals surface area contributed by atoms with Gasteiger partial charge in [-0.05, 0) is 64.5 Å². The highest BCUT2D eigenvalue weighted by Crippen LogP contribution is 2.41. The van der Waals surface area contributed by atoms with Crippen molar-refractivity contribution in [1.29, 1.82) is 0 Å². The Morgan fingerprint density at radius 2 is 1.88 bits per heavy atom. The molecule has 4 rings (SSSR count). The standard InChI is InChI=1S/C24H28ClN5O3S/c1-13-9-16(17-10-20(25)27-12-19(17)33-4)18(11-26-13)21(31)28-23-30-29-22(34-23)14-5-7-15(8-6-14)24(2,3)32/h9-12,14-15,32H,5-8H2,1-4H3,(H,28,30,31)/t14-,15-. The largest absolute Gasteiger partial charge is 0.494 e. The molecule has 1 saturated carbocycles. The fourth-order valence-electron chi connectivity index (χ4n) is 4.42. The summed E-state index contributed by atoms with van der Waals surface area (Å²) in [5, 5.41) is 23.3. The molecule has 0 aromatic carbocycles. The number of nitrogens with zero attached hydrogens (tertiary/aromatic N) is 4. The lowest BCUT2D eigenvalue weighted by molar-refractivity contribution is -0.00159. The molecular formula is C24H28ClN5O3S. The molecule has 34 heavy (non-hydrogen) atoms. The van der Waals surface area contributed by atoms with Crippen molar-refractivity contribution in [1.82, 2.24) is 20.2 Å². The van der Waals surface area contributed by atoms with Crippen LogP contribution < -0.4 is 10.1 Å². The highest BCUT2D eigenvalue weighted by Gasteiger charge is 2.33. The number of aliphatic hydroxyl groups is 1. The molecular weight excluding hydrogens is 474 g/mol. The number of carbonyl (C=O) groups excluding carboxylic acids is 1. The number of nitrogens with one attached hydrogen (secondary N) is 1. The molecule has 1 fully saturated rings. The van der Waals surface area contributed by atoms with E-state index >= 15 is 0 Å². The average Bonchev–Trinajstić information content (AvgIpc) is 3.27. The van der Waals surface area contributed by atoms with E-state index in [2.05, 4.69) is 25.5 Å². The second-order valence-electron chi connectivity index (χ2n) is 9.18. The van der Waals surface area contributed by atoms with E-state index in [-0.39, 0.29) is 5.91 Å². The minimum atomic E-state index is -0.660. The van der Waals surface area contributed by atoms with Crippen LogP contribution in [0.15, 0.2) is 24.5 Å². The minimum Gasteiger partial charge on any atom is -0.494 e. The molecule has 10 heteroatoms. The van der Waals surface area contributed by atoms with Crippen molar-refractivity contribution < 1.29 is 14.6 Å². The number of carbonyl (C=O) groups is 1. The van der Waals surface area contributed by atoms with Gasteiger partial charge in [0.25, 0.3) is 5.91 Å². The average molecular weight is 502 g/mol. The number of pyridine rings is 2. The third-order valence-corrected chi connectivity index (χ3v) is 7.57. The Labute approximate surface area is 207 Å². The van der Waals surface area contributed by atoms with Gasteiger partial charge in [-0.25, -0.2) is 4.98 Å². The summed E-state index contributed by atoms with van der Waals surface area (Å²) in [6.45, 7) is 5.60. The van der Waals surface area contributed by atoms with Crippen molar-refractivity contribution in [2.75, 3.05) is 12.4 Å². The Kier molecular flexibility index (Phi) is 7.16. The predicted molar refractivity (Wildman–Crippen MR) is 133 cm³/mol. The number of methoxy groups -OCH3 is 1. The number of ether oxygens (including phenoxy) is 1. The zero-order valence-corrected chi connectivity index (χ0v) is 21.2. The highest BCUT2D eigenvalue weighted by atomic mass is 35.5. The van der Waals surface area contributed by atoms with Crippen molar-refractivity contribution in [2.45, 2.75) is 58.0 Å². The maximum atomic E-state index is 13.2. The second-order valence-corrected chi connectivity index (χ2v) is 10.6. The molecule has 3 heterocycles. The molecule has 0 radical (unpaired) electrons. The predicted octanol–water partition coefficient (Wildman–Crippen LogP) is 5.26. The van der Waals surface area contributed by atoms with Crippen LogP contribution in [-0.4, -0.2) is 43.9 Å². The summed E-state index contributed by atoms with van der Waals surface area (Å²) in [7, 11) is 1.54. The fraction of sp³-hybridized carbons (Fsp3) is 0.458. The van der Waals surface area contributed by atoms with Crippen LogP contribution in [0.4, 0.5) is 5.13 Å². The zero-order valence-electron chi connectivity index (χ0n) is 19.6. The van der Waals surface area contributed by atoms with E-state index in [0.717, 1.165) is 36.4 Å². The number of hydrogen-bond acceptors (Lipinski definition) is 8. The van der Waals surface area contributed by atoms with Crippen LogP contribution >= 0.6 is 22.9 Å². The van der Waals surface area contributed by atoms with E-state index in [1.807, 2.05) is 26.8 Å². The molecule has 3 aromatic rings. The van der Waals surface area contributed by atoms with Gasteiger partial charge in [0.05, 0.1) is 24.5 Å². The van der Waals surface area contributed by atoms with Gasteiger partial charge in [-0.3, -0.25) is 15.1 Å². The van der Waals surface area contributed by atoms with Gasteiger partial charge >= 0.3 is 0 Å². The van der Waals surface area contributed by atoms with Crippen LogP contribution in [0.3, 0.4) is 0 Å². The van der Waals surface area contributed by atoms with E-state index in [0.29, 0.717) is 44.6 Å². The first-order valence-corrected chi connectivity index (χ1v) is 12.4. The van der Waals surface area contributed by atoms with Crippen LogP contribution in [0, 0.1) is 12.8 Å². The smallest absolute Gasteiger partial charge is 0.259 e. The lowest BCUT2D eigenvalue weighted by Gasteiger charge is -2.35. The Hall–Kier alpha value is -2.62. The summed E-state index contributed by atoms with van der Waals surface area (Å²) >= 11 is 7.52. The fourth-order valence-corrected chi connectivity index (χ4v) is 5.48. The van der Waals surface area contributed by atoms with Gasteiger partial charge in [0.15, 0.2) is 0 Å². The molecule has 0 unspecified atom stereocenters. The number of amides is 1. The second kappa shape index (κ2) is 9.93. The molecule has 0 atom stereocenters. The summed E-state index contributed by atoms with van der Waals surface area (Å²) in [5.74, 6) is 0.749. The highest BCUT2D eigenvalue weighted by molar-refractivity contribution is 7.15. The van der Waals surface area contributed by atoms with Crippen molar-refractivity contribution in [3.05, 3.63) is 45.9 Å². The summed E-state index contributed by atoms with van der Waals surface area (Å²) < 4.78 is 5.44. The molecule has 3 aromatic heterocycles. The summed E-state index contributed by atoms with van der Waals surface area (Å²) in [5.41, 5.74) is 1.75. The van der Waals surface area contributed by atoms with Crippen LogP contribution in [0.5, 0.6) is 5.75 Å². The van der Waals surface area contributed by atoms with Crippen LogP contribution in [0.25, 0.3) is 11.1 Å². The minimum absolute atomic E-state index is 0.293. The molecule has 0 spiro atoms. The summed E-state index contributed by atoms with van der Waals surface area (Å²) in [4.78, 5) is 21.6. The Morgan fingerprint density at radius 1 is 1.15 bits per heavy atom. The van der Waals surface area contributed by atoms with Crippen molar-refractivity contribution in [2.24, 2.45) is 5.92 Å². The summed E-state index contributed by atoms with van der Waals surface area (Å²) in [6.07, 6.45) is 6.86. The van der Waals surface area contributed by atoms with Gasteiger partial charge < -0.3 is 9.84 Å². The number of halogens is 1. The van der Waals surface area contributed by atoms with Crippen molar-refractivity contribution in [3.63, 3.8) is 0 Å². The molecule has 1 amide bonds. The Morgan fingerprint density at radius 3 is 2.56 bits per heavy atom. The van der Waals surface area contributed by atoms with E-state index in [1.54, 1.807) is 13.2 Å². The van der Waals surface area contributed by atoms with Crippen molar-refractivity contribution in [3.8, 4) is 16.9 Å². The van der Waals surface area contributed by atoms with Gasteiger partial charge in [-0.1, -0.05) is 22.9 Å². The molecule has 180 valence electrons. The Bertz CT molecular complexity index is 1190. The third-order valence-electron chi connectivity index (χ3n) is 6.37. The first-order chi connectivity index (χ1) is 16.2. The molecule has 0 aliphatic heterocycles. The van der Waals surface area contributed by atoms with Crippen LogP contribution in [0.1, 0.15) is 66.5 Å². The number of anilines is 1. The summed E-state index contributed by atoms with van der Waals surface area (Å²) in [6, 6.07) is 3.48. The lowest BCUT2D eigenvalue weighted by atomic mass is 9.75. The first kappa shape index (κ1) is 24.5. The first-order valence-electron chi connectivity index (χ1n) is 11.2. The van der Waals surface area contributed by atoms with Gasteiger partial charge in [-0.15, -0.1) is 10.2 Å². The third kappa shape index (κ3) is 5.37. The van der Waals surface area contributed by atoms with E-state index in [4.69, 9.17) is 16.3 Å². The normalized spacial score (nSPS) is 18.5. The van der Waals surface area contributed by atoms with Gasteiger partial charge in [0.2, 0.25) is 5.13 Å². The number of aryl methyl sites for hydroxylation is 1. The monoisotopic (exact) mass is 501 g/mol. The maximum Gasteiger partial charge on any atom is 0.259 e. The topological polar surface area (TPSA) is 110 Å². The molecule has 1 aliphatic rings. The van der Waals surface area contributed by atoms with Gasteiger partial charge in [0, 0.05) is 28.9 Å². The van der Waals surface area contributed by atoms with E-state index < -0.39 is 5.60 Å². The molecule has 2 N–H and O–H groups in total. The molecule has 0 saturated heterocycles. The van der Waals surface area contributed by atoms with Crippen LogP contribution in [0.2, 0.25) is 5.15 Å². The maximum absolute atomic E-state index is 13.2. The number of aromatic nitrogens is 4. The number of rotatable bonds is 6. The Balaban J connectivity index is 1.53. The SMILES string of the molecule is COc1cnc(Cl)cc1-c1cc(C)ncc1C(=O)Nc1nnc([C@H]2CC[C@H](C(C)(C)O)CC2)s1. The number of hydrogen-bond donors (Lipinski definition) is 2. The molecule has 8 nitrogen and oxygen atoms in total. The van der Waals surface area contributed by atoms with Crippen molar-refractivity contribution >= 4 is 34.0 Å². The van der Waals surface area contributed by atoms with E-state index in [9.17, 15) is 9.90 Å². The quantitative estimate of drug-likeness (QED) is 0.443. The van der Waals surface area contributed by atoms with E-state index in [1.165, 1.54) is 23.7 Å².